The number of methoxy groups -OCH3 is 1. The minimum absolute atomic E-state index is 0.137. The quantitative estimate of drug-likeness (QED) is 0.616. The second-order valence-electron chi connectivity index (χ2n) is 7.20. The molecule has 0 aliphatic heterocycles. The van der Waals surface area contributed by atoms with E-state index in [1.165, 1.54) is 7.11 Å². The maximum atomic E-state index is 12.7. The number of ether oxygens (including phenoxy) is 1. The topological polar surface area (TPSA) is 102 Å². The van der Waals surface area contributed by atoms with Gasteiger partial charge < -0.3 is 15.6 Å². The zero-order chi connectivity index (χ0) is 19.5. The van der Waals surface area contributed by atoms with Crippen LogP contribution in [0.2, 0.25) is 0 Å². The van der Waals surface area contributed by atoms with Gasteiger partial charge in [-0.1, -0.05) is 20.8 Å². The lowest BCUT2D eigenvalue weighted by atomic mass is 9.67. The number of aliphatic imine (C=N–C) groups is 1. The molecule has 1 aliphatic carbocycles. The molecule has 0 saturated carbocycles. The van der Waals surface area contributed by atoms with Crippen molar-refractivity contribution in [1.82, 2.24) is 0 Å². The zero-order valence-corrected chi connectivity index (χ0v) is 15.7. The SMILES string of the molecule is CCCC(=O)C1=C(O)[C@H](C(=O)OC)C(C)(C)CC1=Nc1ccc(N)cc1. The molecule has 1 aliphatic rings. The van der Waals surface area contributed by atoms with Crippen LogP contribution in [0.4, 0.5) is 11.4 Å². The number of nitrogens with two attached hydrogens (primary N) is 1. The number of allylic oxidation sites excluding steroid dienone is 1. The zero-order valence-electron chi connectivity index (χ0n) is 15.7. The molecule has 6 nitrogen and oxygen atoms in total. The van der Waals surface area contributed by atoms with Crippen LogP contribution >= 0.6 is 0 Å². The number of hydrogen-bond donors (Lipinski definition) is 2. The van der Waals surface area contributed by atoms with E-state index >= 15 is 0 Å². The number of nitrogen functional groups attached to an aromatic ring is 1. The molecule has 26 heavy (non-hydrogen) atoms. The Balaban J connectivity index is 2.62. The Labute approximate surface area is 153 Å². The number of carbonyl (C=O) groups is 2. The number of esters is 1. The number of rotatable bonds is 5. The summed E-state index contributed by atoms with van der Waals surface area (Å²) in [7, 11) is 1.28. The van der Waals surface area contributed by atoms with Crippen LogP contribution < -0.4 is 5.73 Å². The van der Waals surface area contributed by atoms with Gasteiger partial charge in [-0.2, -0.15) is 0 Å². The minimum Gasteiger partial charge on any atom is -0.511 e. The minimum atomic E-state index is -0.895. The Bertz CT molecular complexity index is 761. The molecule has 0 heterocycles. The lowest BCUT2D eigenvalue weighted by Gasteiger charge is -2.37. The number of Topliss-reactive ketones (excluding diaryl/α,β-unsaturated/α-hetero) is 1. The number of ketones is 1. The van der Waals surface area contributed by atoms with E-state index in [0.29, 0.717) is 29.9 Å². The number of benzene rings is 1. The van der Waals surface area contributed by atoms with Gasteiger partial charge in [-0.25, -0.2) is 0 Å². The third-order valence-corrected chi connectivity index (χ3v) is 4.57. The first-order chi connectivity index (χ1) is 12.2. The Morgan fingerprint density at radius 3 is 2.46 bits per heavy atom. The van der Waals surface area contributed by atoms with Gasteiger partial charge in [-0.05, 0) is 42.5 Å². The van der Waals surface area contributed by atoms with Crippen molar-refractivity contribution in [3.63, 3.8) is 0 Å². The number of aliphatic hydroxyl groups is 1. The van der Waals surface area contributed by atoms with Gasteiger partial charge in [0.1, 0.15) is 11.7 Å². The molecule has 3 N–H and O–H groups in total. The predicted octanol–water partition coefficient (Wildman–Crippen LogP) is 3.74. The normalized spacial score (nSPS) is 20.9. The summed E-state index contributed by atoms with van der Waals surface area (Å²) >= 11 is 0. The van der Waals surface area contributed by atoms with Gasteiger partial charge in [-0.15, -0.1) is 0 Å². The number of nitrogens with zero attached hydrogens (tertiary/aromatic N) is 1. The molecule has 1 atom stereocenters. The summed E-state index contributed by atoms with van der Waals surface area (Å²) in [5.41, 5.74) is 6.93. The van der Waals surface area contributed by atoms with Crippen molar-refractivity contribution >= 4 is 28.8 Å². The first-order valence-electron chi connectivity index (χ1n) is 8.69. The highest BCUT2D eigenvalue weighted by Crippen LogP contribution is 2.43. The number of hydrogen-bond acceptors (Lipinski definition) is 6. The molecule has 0 radical (unpaired) electrons. The van der Waals surface area contributed by atoms with Crippen molar-refractivity contribution in [2.75, 3.05) is 12.8 Å². The third-order valence-electron chi connectivity index (χ3n) is 4.57. The van der Waals surface area contributed by atoms with Crippen LogP contribution in [0.1, 0.15) is 40.0 Å². The molecule has 0 saturated heterocycles. The Morgan fingerprint density at radius 2 is 1.92 bits per heavy atom. The molecule has 0 bridgehead atoms. The monoisotopic (exact) mass is 358 g/mol. The van der Waals surface area contributed by atoms with E-state index in [9.17, 15) is 14.7 Å². The Morgan fingerprint density at radius 1 is 1.31 bits per heavy atom. The molecule has 1 aromatic rings. The van der Waals surface area contributed by atoms with Gasteiger partial charge in [0.05, 0.1) is 24.1 Å². The second-order valence-corrected chi connectivity index (χ2v) is 7.20. The van der Waals surface area contributed by atoms with E-state index in [2.05, 4.69) is 4.99 Å². The molecule has 0 fully saturated rings. The molecule has 0 amide bonds. The van der Waals surface area contributed by atoms with Gasteiger partial charge in [-0.3, -0.25) is 14.6 Å². The predicted molar refractivity (Wildman–Crippen MR) is 101 cm³/mol. The van der Waals surface area contributed by atoms with E-state index in [4.69, 9.17) is 10.5 Å². The summed E-state index contributed by atoms with van der Waals surface area (Å²) in [6.07, 6.45) is 1.28. The standard InChI is InChI=1S/C20H26N2O4/c1-5-6-15(23)16-14(22-13-9-7-12(21)8-10-13)11-20(2,3)17(18(16)24)19(25)26-4/h7-10,17,24H,5-6,11,21H2,1-4H3/t17-/m1/s1. The Hall–Kier alpha value is -2.63. The van der Waals surface area contributed by atoms with Crippen LogP contribution in [0.5, 0.6) is 0 Å². The molecule has 0 unspecified atom stereocenters. The van der Waals surface area contributed by atoms with Gasteiger partial charge in [0.15, 0.2) is 5.78 Å². The highest BCUT2D eigenvalue weighted by Gasteiger charge is 2.47. The average Bonchev–Trinajstić information content (AvgIpc) is 2.56. The first kappa shape index (κ1) is 19.7. The molecule has 0 aromatic heterocycles. The van der Waals surface area contributed by atoms with Gasteiger partial charge in [0.2, 0.25) is 0 Å². The van der Waals surface area contributed by atoms with Crippen LogP contribution in [0.15, 0.2) is 40.6 Å². The summed E-state index contributed by atoms with van der Waals surface area (Å²) < 4.78 is 4.85. The lowest BCUT2D eigenvalue weighted by molar-refractivity contribution is -0.149. The maximum Gasteiger partial charge on any atom is 0.316 e. The molecule has 1 aromatic carbocycles. The fraction of sp³-hybridized carbons (Fsp3) is 0.450. The van der Waals surface area contributed by atoms with Crippen LogP contribution in [0.25, 0.3) is 0 Å². The molecule has 0 spiro atoms. The van der Waals surface area contributed by atoms with E-state index in [1.54, 1.807) is 24.3 Å². The van der Waals surface area contributed by atoms with Crippen LogP contribution in [0.3, 0.4) is 0 Å². The number of carbonyl (C=O) groups excluding carboxylic acids is 2. The summed E-state index contributed by atoms with van der Waals surface area (Å²) in [5.74, 6) is -1.92. The summed E-state index contributed by atoms with van der Waals surface area (Å²) in [4.78, 5) is 29.5. The molecule has 140 valence electrons. The van der Waals surface area contributed by atoms with E-state index in [1.807, 2.05) is 20.8 Å². The van der Waals surface area contributed by atoms with E-state index in [0.717, 1.165) is 0 Å². The van der Waals surface area contributed by atoms with Crippen molar-refractivity contribution < 1.29 is 19.4 Å². The van der Waals surface area contributed by atoms with E-state index < -0.39 is 17.3 Å². The fourth-order valence-corrected chi connectivity index (χ4v) is 3.29. The summed E-state index contributed by atoms with van der Waals surface area (Å²) in [6.45, 7) is 5.59. The highest BCUT2D eigenvalue weighted by molar-refractivity contribution is 6.24. The van der Waals surface area contributed by atoms with Gasteiger partial charge in [0, 0.05) is 12.1 Å². The summed E-state index contributed by atoms with van der Waals surface area (Å²) in [6, 6.07) is 6.95. The smallest absolute Gasteiger partial charge is 0.316 e. The molecule has 2 rings (SSSR count). The van der Waals surface area contributed by atoms with Crippen LogP contribution in [-0.4, -0.2) is 29.7 Å². The van der Waals surface area contributed by atoms with Crippen molar-refractivity contribution in [2.24, 2.45) is 16.3 Å². The molecular formula is C20H26N2O4. The molecular weight excluding hydrogens is 332 g/mol. The maximum absolute atomic E-state index is 12.7. The van der Waals surface area contributed by atoms with Gasteiger partial charge >= 0.3 is 5.97 Å². The fourth-order valence-electron chi connectivity index (χ4n) is 3.29. The van der Waals surface area contributed by atoms with Crippen molar-refractivity contribution in [2.45, 2.75) is 40.0 Å². The molecule has 6 heteroatoms. The first-order valence-corrected chi connectivity index (χ1v) is 8.69. The third kappa shape index (κ3) is 3.95. The largest absolute Gasteiger partial charge is 0.511 e. The van der Waals surface area contributed by atoms with Crippen molar-refractivity contribution in [1.29, 1.82) is 0 Å². The van der Waals surface area contributed by atoms with Crippen molar-refractivity contribution in [3.8, 4) is 0 Å². The van der Waals surface area contributed by atoms with Crippen LogP contribution in [0, 0.1) is 11.3 Å². The number of anilines is 1. The highest BCUT2D eigenvalue weighted by atomic mass is 16.5. The van der Waals surface area contributed by atoms with Crippen LogP contribution in [-0.2, 0) is 14.3 Å². The lowest BCUT2D eigenvalue weighted by Crippen LogP contribution is -2.41. The van der Waals surface area contributed by atoms with E-state index in [-0.39, 0.29) is 23.5 Å². The number of aliphatic hydroxyl groups excluding tert-OH is 1. The van der Waals surface area contributed by atoms with Crippen molar-refractivity contribution in [3.05, 3.63) is 35.6 Å². The summed E-state index contributed by atoms with van der Waals surface area (Å²) in [5, 5.41) is 10.8. The van der Waals surface area contributed by atoms with Gasteiger partial charge in [0.25, 0.3) is 0 Å². The Kier molecular flexibility index (Phi) is 5.85. The average molecular weight is 358 g/mol. The second kappa shape index (κ2) is 7.72.